The van der Waals surface area contributed by atoms with Crippen LogP contribution in [0.5, 0.6) is 0 Å². The Balaban J connectivity index is 1.11. The minimum Gasteiger partial charge on any atom is -0.460 e. The number of nitrogens with zero attached hydrogens (tertiary/aromatic N) is 3. The van der Waals surface area contributed by atoms with Crippen molar-refractivity contribution in [1.82, 2.24) is 15.0 Å². The fourth-order valence-electron chi connectivity index (χ4n) is 8.02. The summed E-state index contributed by atoms with van der Waals surface area (Å²) in [6.07, 6.45) is 3.87. The zero-order valence-corrected chi connectivity index (χ0v) is 29.2. The summed E-state index contributed by atoms with van der Waals surface area (Å²) in [6, 6.07) is 54.5. The molecule has 5 heteroatoms. The van der Waals surface area contributed by atoms with E-state index < -0.39 is 0 Å². The maximum atomic E-state index is 6.67. The van der Waals surface area contributed by atoms with Crippen LogP contribution in [0.2, 0.25) is 0 Å². The number of benzene rings is 7. The lowest BCUT2D eigenvalue weighted by Crippen LogP contribution is -2.07. The van der Waals surface area contributed by atoms with Crippen molar-refractivity contribution < 1.29 is 8.83 Å². The highest BCUT2D eigenvalue weighted by atomic mass is 16.3. The molecule has 11 rings (SSSR count). The van der Waals surface area contributed by atoms with Crippen LogP contribution in [0.1, 0.15) is 23.6 Å². The second-order valence-corrected chi connectivity index (χ2v) is 13.8. The Hall–Kier alpha value is -7.11. The third-order valence-electron chi connectivity index (χ3n) is 10.6. The number of allylic oxidation sites excluding steroid dienone is 1. The second kappa shape index (κ2) is 12.2. The van der Waals surface area contributed by atoms with Crippen LogP contribution in [0.25, 0.3) is 94.3 Å². The highest BCUT2D eigenvalue weighted by Crippen LogP contribution is 2.45. The lowest BCUT2D eigenvalue weighted by molar-refractivity contribution is 0.545. The van der Waals surface area contributed by atoms with Gasteiger partial charge in [0, 0.05) is 50.4 Å². The van der Waals surface area contributed by atoms with E-state index in [0.29, 0.717) is 17.5 Å². The van der Waals surface area contributed by atoms with Crippen LogP contribution in [0.3, 0.4) is 0 Å². The van der Waals surface area contributed by atoms with Gasteiger partial charge in [0.2, 0.25) is 0 Å². The topological polar surface area (TPSA) is 65.0 Å². The maximum Gasteiger partial charge on any atom is 0.164 e. The zero-order chi connectivity index (χ0) is 35.6. The molecule has 0 bridgehead atoms. The Labute approximate surface area is 310 Å². The van der Waals surface area contributed by atoms with E-state index >= 15 is 0 Å². The van der Waals surface area contributed by atoms with Crippen LogP contribution in [-0.4, -0.2) is 15.0 Å². The molecule has 54 heavy (non-hydrogen) atoms. The molecule has 7 aromatic carbocycles. The number of para-hydroxylation sites is 2. The Morgan fingerprint density at radius 2 is 1.09 bits per heavy atom. The minimum absolute atomic E-state index is 0.621. The highest BCUT2D eigenvalue weighted by Gasteiger charge is 2.28. The SMILES string of the molecule is C1=C(c2nc(-c3ccc(-c4ccccc4)cc3)nc(-c3ccc4ccccc4c3)n2)c2c(oc3cccc(-c4cccc5c4oc4ccccc45)c23)CC1. The monoisotopic (exact) mass is 693 g/mol. The zero-order valence-electron chi connectivity index (χ0n) is 29.2. The van der Waals surface area contributed by atoms with Crippen molar-refractivity contribution >= 4 is 49.3 Å². The number of rotatable bonds is 5. The van der Waals surface area contributed by atoms with Crippen LogP contribution < -0.4 is 0 Å². The third kappa shape index (κ3) is 4.97. The van der Waals surface area contributed by atoms with E-state index in [2.05, 4.69) is 146 Å². The normalized spacial score (nSPS) is 12.8. The lowest BCUT2D eigenvalue weighted by Gasteiger charge is -2.16. The quantitative estimate of drug-likeness (QED) is 0.179. The predicted octanol–water partition coefficient (Wildman–Crippen LogP) is 12.7. The Morgan fingerprint density at radius 1 is 0.444 bits per heavy atom. The molecule has 0 unspecified atom stereocenters. The van der Waals surface area contributed by atoms with Gasteiger partial charge in [-0.2, -0.15) is 0 Å². The number of hydrogen-bond acceptors (Lipinski definition) is 5. The molecular formula is C49H31N3O2. The number of aryl methyl sites for hydroxylation is 1. The fraction of sp³-hybridized carbons (Fsp3) is 0.0408. The molecule has 3 heterocycles. The van der Waals surface area contributed by atoms with Crippen LogP contribution in [0.15, 0.2) is 173 Å². The molecule has 0 saturated heterocycles. The van der Waals surface area contributed by atoms with Crippen molar-refractivity contribution in [2.45, 2.75) is 12.8 Å². The van der Waals surface area contributed by atoms with Crippen LogP contribution in [0.4, 0.5) is 0 Å². The van der Waals surface area contributed by atoms with Crippen LogP contribution in [0, 0.1) is 0 Å². The molecule has 5 nitrogen and oxygen atoms in total. The molecule has 0 amide bonds. The summed E-state index contributed by atoms with van der Waals surface area (Å²) in [4.78, 5) is 15.6. The van der Waals surface area contributed by atoms with Crippen LogP contribution >= 0.6 is 0 Å². The molecule has 0 N–H and O–H groups in total. The van der Waals surface area contributed by atoms with Crippen molar-refractivity contribution in [2.75, 3.05) is 0 Å². The molecule has 1 aliphatic rings. The van der Waals surface area contributed by atoms with Gasteiger partial charge in [0.1, 0.15) is 22.5 Å². The van der Waals surface area contributed by atoms with Crippen molar-refractivity contribution in [3.05, 3.63) is 181 Å². The van der Waals surface area contributed by atoms with Crippen molar-refractivity contribution in [3.8, 4) is 45.0 Å². The highest BCUT2D eigenvalue weighted by molar-refractivity contribution is 6.14. The van der Waals surface area contributed by atoms with Gasteiger partial charge in [-0.3, -0.25) is 0 Å². The molecule has 0 spiro atoms. The average Bonchev–Trinajstić information content (AvgIpc) is 3.83. The number of furan rings is 2. The largest absolute Gasteiger partial charge is 0.460 e. The molecule has 0 radical (unpaired) electrons. The summed E-state index contributed by atoms with van der Waals surface area (Å²) in [5, 5.41) is 5.53. The summed E-state index contributed by atoms with van der Waals surface area (Å²) in [7, 11) is 0. The van der Waals surface area contributed by atoms with Gasteiger partial charge in [-0.1, -0.05) is 146 Å². The molecule has 10 aromatic rings. The molecule has 3 aromatic heterocycles. The number of hydrogen-bond donors (Lipinski definition) is 0. The van der Waals surface area contributed by atoms with E-state index in [4.69, 9.17) is 23.8 Å². The predicted molar refractivity (Wildman–Crippen MR) is 218 cm³/mol. The molecule has 0 atom stereocenters. The first-order chi connectivity index (χ1) is 26.7. The lowest BCUT2D eigenvalue weighted by atomic mass is 9.89. The summed E-state index contributed by atoms with van der Waals surface area (Å²) in [5.41, 5.74) is 10.8. The van der Waals surface area contributed by atoms with Crippen LogP contribution in [-0.2, 0) is 6.42 Å². The first kappa shape index (κ1) is 30.5. The molecule has 254 valence electrons. The van der Waals surface area contributed by atoms with E-state index in [0.717, 1.165) is 101 Å². The summed E-state index contributed by atoms with van der Waals surface area (Å²) in [6.45, 7) is 0. The third-order valence-corrected chi connectivity index (χ3v) is 10.6. The molecule has 0 saturated carbocycles. The van der Waals surface area contributed by atoms with Gasteiger partial charge >= 0.3 is 0 Å². The van der Waals surface area contributed by atoms with Gasteiger partial charge in [0.15, 0.2) is 17.5 Å². The van der Waals surface area contributed by atoms with Crippen molar-refractivity contribution in [1.29, 1.82) is 0 Å². The average molecular weight is 694 g/mol. The Morgan fingerprint density at radius 3 is 1.98 bits per heavy atom. The molecule has 1 aliphatic carbocycles. The maximum absolute atomic E-state index is 6.67. The first-order valence-electron chi connectivity index (χ1n) is 18.3. The summed E-state index contributed by atoms with van der Waals surface area (Å²) < 4.78 is 13.2. The smallest absolute Gasteiger partial charge is 0.164 e. The Kier molecular flexibility index (Phi) is 6.92. The first-order valence-corrected chi connectivity index (χ1v) is 18.3. The van der Waals surface area contributed by atoms with E-state index in [1.165, 1.54) is 5.39 Å². The molecular weight excluding hydrogens is 663 g/mol. The van der Waals surface area contributed by atoms with E-state index in [-0.39, 0.29) is 0 Å². The van der Waals surface area contributed by atoms with E-state index in [9.17, 15) is 0 Å². The van der Waals surface area contributed by atoms with Crippen molar-refractivity contribution in [3.63, 3.8) is 0 Å². The van der Waals surface area contributed by atoms with Gasteiger partial charge in [0.05, 0.1) is 0 Å². The minimum atomic E-state index is 0.621. The van der Waals surface area contributed by atoms with Crippen molar-refractivity contribution in [2.24, 2.45) is 0 Å². The standard InChI is InChI=1S/C49H31N3O2/c1-2-11-30(12-3-1)32-23-26-33(27-24-32)47-50-48(35-28-25-31-13-4-5-14-34(31)29-35)52-49(51-47)40-19-10-22-43-45(40)44-37(16-9-21-42(44)53-43)39-18-8-17-38-36-15-6-7-20-41(36)54-46(38)39/h1-9,11-21,23-29H,10,22H2. The van der Waals surface area contributed by atoms with E-state index in [1.807, 2.05) is 18.2 Å². The van der Waals surface area contributed by atoms with Gasteiger partial charge in [-0.25, -0.2) is 15.0 Å². The summed E-state index contributed by atoms with van der Waals surface area (Å²) in [5.74, 6) is 2.81. The van der Waals surface area contributed by atoms with Gasteiger partial charge in [-0.05, 0) is 52.1 Å². The Bertz CT molecular complexity index is 3100. The van der Waals surface area contributed by atoms with Gasteiger partial charge < -0.3 is 8.83 Å². The molecule has 0 aliphatic heterocycles. The van der Waals surface area contributed by atoms with Gasteiger partial charge in [0.25, 0.3) is 0 Å². The number of fused-ring (bicyclic) bond motifs is 7. The number of aromatic nitrogens is 3. The fourth-order valence-corrected chi connectivity index (χ4v) is 8.02. The summed E-state index contributed by atoms with van der Waals surface area (Å²) >= 11 is 0. The van der Waals surface area contributed by atoms with Gasteiger partial charge in [-0.15, -0.1) is 0 Å². The molecule has 0 fully saturated rings. The van der Waals surface area contributed by atoms with E-state index in [1.54, 1.807) is 0 Å². The second-order valence-electron chi connectivity index (χ2n) is 13.8.